The molecule has 0 amide bonds. The molecule has 0 saturated carbocycles. The lowest BCUT2D eigenvalue weighted by molar-refractivity contribution is 0.972. The Morgan fingerprint density at radius 3 is 2.33 bits per heavy atom. The van der Waals surface area contributed by atoms with Crippen LogP contribution < -0.4 is 0 Å². The molecule has 0 N–H and O–H groups in total. The van der Waals surface area contributed by atoms with Crippen LogP contribution >= 0.6 is 27.5 Å². The third-order valence-corrected chi connectivity index (χ3v) is 3.81. The number of benzene rings is 2. The quantitative estimate of drug-likeness (QED) is 0.604. The Hall–Kier alpha value is -1.71. The number of hydrogen-bond acceptors (Lipinski definition) is 2. The lowest BCUT2D eigenvalue weighted by Gasteiger charge is -2.06. The second-order valence-corrected chi connectivity index (χ2v) is 5.96. The van der Waals surface area contributed by atoms with E-state index in [-0.39, 0.29) is 0 Å². The standard InChI is InChI=1S/C17H12BrClN2/c18-14-8-6-12(7-9-14)10-17-20-15(11-16(19)21-17)13-4-2-1-3-5-13/h1-9,11H,10H2. The van der Waals surface area contributed by atoms with E-state index < -0.39 is 0 Å². The van der Waals surface area contributed by atoms with E-state index >= 15 is 0 Å². The SMILES string of the molecule is Clc1cc(-c2ccccc2)nc(Cc2ccc(Br)cc2)n1. The molecule has 1 heterocycles. The monoisotopic (exact) mass is 358 g/mol. The van der Waals surface area contributed by atoms with E-state index in [0.29, 0.717) is 11.6 Å². The number of rotatable bonds is 3. The Morgan fingerprint density at radius 2 is 1.62 bits per heavy atom. The van der Waals surface area contributed by atoms with Gasteiger partial charge in [0.2, 0.25) is 0 Å². The first kappa shape index (κ1) is 14.2. The second-order valence-electron chi connectivity index (χ2n) is 4.66. The number of halogens is 2. The maximum Gasteiger partial charge on any atom is 0.135 e. The fraction of sp³-hybridized carbons (Fsp3) is 0.0588. The lowest BCUT2D eigenvalue weighted by Crippen LogP contribution is -1.98. The number of aromatic nitrogens is 2. The van der Waals surface area contributed by atoms with Gasteiger partial charge in [-0.25, -0.2) is 9.97 Å². The first-order chi connectivity index (χ1) is 10.2. The highest BCUT2D eigenvalue weighted by Gasteiger charge is 2.06. The smallest absolute Gasteiger partial charge is 0.135 e. The van der Waals surface area contributed by atoms with Crippen molar-refractivity contribution in [2.24, 2.45) is 0 Å². The van der Waals surface area contributed by atoms with Crippen molar-refractivity contribution in [1.29, 1.82) is 0 Å². The van der Waals surface area contributed by atoms with Crippen molar-refractivity contribution in [2.75, 3.05) is 0 Å². The molecule has 0 aliphatic heterocycles. The molecule has 3 rings (SSSR count). The van der Waals surface area contributed by atoms with Crippen molar-refractivity contribution in [3.05, 3.63) is 81.7 Å². The first-order valence-electron chi connectivity index (χ1n) is 6.54. The summed E-state index contributed by atoms with van der Waals surface area (Å²) in [6, 6.07) is 19.9. The number of hydrogen-bond donors (Lipinski definition) is 0. The molecule has 2 nitrogen and oxygen atoms in total. The average Bonchev–Trinajstić information content (AvgIpc) is 2.50. The Morgan fingerprint density at radius 1 is 0.905 bits per heavy atom. The Balaban J connectivity index is 1.93. The van der Waals surface area contributed by atoms with E-state index in [9.17, 15) is 0 Å². The molecular formula is C17H12BrClN2. The maximum atomic E-state index is 6.13. The molecule has 0 saturated heterocycles. The molecule has 0 aliphatic carbocycles. The zero-order chi connectivity index (χ0) is 14.7. The summed E-state index contributed by atoms with van der Waals surface area (Å²) in [5.41, 5.74) is 3.04. The van der Waals surface area contributed by atoms with E-state index in [1.165, 1.54) is 0 Å². The summed E-state index contributed by atoms with van der Waals surface area (Å²) in [5.74, 6) is 0.726. The van der Waals surface area contributed by atoms with E-state index in [0.717, 1.165) is 27.1 Å². The maximum absolute atomic E-state index is 6.13. The Labute approximate surface area is 137 Å². The summed E-state index contributed by atoms with van der Waals surface area (Å²) in [6.45, 7) is 0. The molecule has 0 bridgehead atoms. The van der Waals surface area contributed by atoms with Gasteiger partial charge >= 0.3 is 0 Å². The molecule has 3 aromatic rings. The molecule has 4 heteroatoms. The van der Waals surface area contributed by atoms with Crippen LogP contribution in [0.25, 0.3) is 11.3 Å². The van der Waals surface area contributed by atoms with Gasteiger partial charge in [-0.3, -0.25) is 0 Å². The van der Waals surface area contributed by atoms with Crippen LogP contribution in [0, 0.1) is 0 Å². The lowest BCUT2D eigenvalue weighted by atomic mass is 10.1. The minimum atomic E-state index is 0.468. The first-order valence-corrected chi connectivity index (χ1v) is 7.71. The van der Waals surface area contributed by atoms with Gasteiger partial charge in [0.25, 0.3) is 0 Å². The van der Waals surface area contributed by atoms with Gasteiger partial charge < -0.3 is 0 Å². The van der Waals surface area contributed by atoms with Gasteiger partial charge in [0, 0.05) is 22.5 Å². The minimum absolute atomic E-state index is 0.468. The highest BCUT2D eigenvalue weighted by atomic mass is 79.9. The second kappa shape index (κ2) is 6.37. The minimum Gasteiger partial charge on any atom is -0.232 e. The molecule has 0 atom stereocenters. The molecule has 2 aromatic carbocycles. The third-order valence-electron chi connectivity index (χ3n) is 3.09. The zero-order valence-corrected chi connectivity index (χ0v) is 13.5. The Bertz CT molecular complexity index is 742. The molecule has 21 heavy (non-hydrogen) atoms. The highest BCUT2D eigenvalue weighted by molar-refractivity contribution is 9.10. The van der Waals surface area contributed by atoms with Crippen molar-refractivity contribution >= 4 is 27.5 Å². The highest BCUT2D eigenvalue weighted by Crippen LogP contribution is 2.21. The van der Waals surface area contributed by atoms with Gasteiger partial charge in [-0.15, -0.1) is 0 Å². The van der Waals surface area contributed by atoms with Crippen molar-refractivity contribution in [2.45, 2.75) is 6.42 Å². The van der Waals surface area contributed by atoms with Crippen LogP contribution in [0.3, 0.4) is 0 Å². The predicted octanol–water partition coefficient (Wildman–Crippen LogP) is 5.15. The Kier molecular flexibility index (Phi) is 4.32. The molecule has 0 fully saturated rings. The van der Waals surface area contributed by atoms with E-state index in [4.69, 9.17) is 11.6 Å². The van der Waals surface area contributed by atoms with Crippen LogP contribution in [0.15, 0.2) is 65.1 Å². The van der Waals surface area contributed by atoms with E-state index in [1.807, 2.05) is 42.5 Å². The summed E-state index contributed by atoms with van der Waals surface area (Å²) < 4.78 is 1.06. The van der Waals surface area contributed by atoms with Crippen LogP contribution in [0.4, 0.5) is 0 Å². The molecule has 0 radical (unpaired) electrons. The van der Waals surface area contributed by atoms with Crippen LogP contribution in [-0.4, -0.2) is 9.97 Å². The normalized spacial score (nSPS) is 10.6. The summed E-state index contributed by atoms with van der Waals surface area (Å²) in [6.07, 6.45) is 0.660. The van der Waals surface area contributed by atoms with Crippen molar-refractivity contribution in [1.82, 2.24) is 9.97 Å². The topological polar surface area (TPSA) is 25.8 Å². The van der Waals surface area contributed by atoms with Gasteiger partial charge in [0.1, 0.15) is 11.0 Å². The molecule has 1 aromatic heterocycles. The van der Waals surface area contributed by atoms with Gasteiger partial charge in [0.05, 0.1) is 5.69 Å². The third kappa shape index (κ3) is 3.69. The van der Waals surface area contributed by atoms with E-state index in [2.05, 4.69) is 38.0 Å². The summed E-state index contributed by atoms with van der Waals surface area (Å²) in [4.78, 5) is 8.93. The van der Waals surface area contributed by atoms with Crippen molar-refractivity contribution in [3.63, 3.8) is 0 Å². The summed E-state index contributed by atoms with van der Waals surface area (Å²) in [5, 5.41) is 0.468. The van der Waals surface area contributed by atoms with Crippen LogP contribution in [0.2, 0.25) is 5.15 Å². The van der Waals surface area contributed by atoms with Crippen LogP contribution in [0.1, 0.15) is 11.4 Å². The largest absolute Gasteiger partial charge is 0.232 e. The van der Waals surface area contributed by atoms with Gasteiger partial charge in [-0.2, -0.15) is 0 Å². The van der Waals surface area contributed by atoms with Crippen molar-refractivity contribution in [3.8, 4) is 11.3 Å². The average molecular weight is 360 g/mol. The van der Waals surface area contributed by atoms with Crippen LogP contribution in [-0.2, 0) is 6.42 Å². The summed E-state index contributed by atoms with van der Waals surface area (Å²) >= 11 is 9.57. The van der Waals surface area contributed by atoms with E-state index in [1.54, 1.807) is 6.07 Å². The molecule has 104 valence electrons. The van der Waals surface area contributed by atoms with Crippen LogP contribution in [0.5, 0.6) is 0 Å². The predicted molar refractivity (Wildman–Crippen MR) is 89.4 cm³/mol. The summed E-state index contributed by atoms with van der Waals surface area (Å²) in [7, 11) is 0. The molecule has 0 unspecified atom stereocenters. The van der Waals surface area contributed by atoms with Gasteiger partial charge in [-0.1, -0.05) is 70.0 Å². The molecule has 0 aliphatic rings. The number of nitrogens with zero attached hydrogens (tertiary/aromatic N) is 2. The molecular weight excluding hydrogens is 348 g/mol. The zero-order valence-electron chi connectivity index (χ0n) is 11.1. The van der Waals surface area contributed by atoms with Gasteiger partial charge in [-0.05, 0) is 17.7 Å². The fourth-order valence-corrected chi connectivity index (χ4v) is 2.55. The molecule has 0 spiro atoms. The van der Waals surface area contributed by atoms with Gasteiger partial charge in [0.15, 0.2) is 0 Å². The fourth-order valence-electron chi connectivity index (χ4n) is 2.09. The van der Waals surface area contributed by atoms with Crippen molar-refractivity contribution < 1.29 is 0 Å².